The van der Waals surface area contributed by atoms with Crippen molar-refractivity contribution in [1.29, 1.82) is 10.5 Å². The largest absolute Gasteiger partial charge is 0.497 e. The van der Waals surface area contributed by atoms with Gasteiger partial charge in [-0.3, -0.25) is 0 Å². The summed E-state index contributed by atoms with van der Waals surface area (Å²) in [6.07, 6.45) is 0.610. The summed E-state index contributed by atoms with van der Waals surface area (Å²) in [6.45, 7) is 1.96. The Morgan fingerprint density at radius 2 is 1.75 bits per heavy atom. The molecule has 1 aromatic carbocycles. The van der Waals surface area contributed by atoms with Crippen molar-refractivity contribution in [1.82, 2.24) is 0 Å². The summed E-state index contributed by atoms with van der Waals surface area (Å²) < 4.78 is 5.08. The van der Waals surface area contributed by atoms with E-state index in [2.05, 4.69) is 12.1 Å². The number of methoxy groups -OCH3 is 1. The van der Waals surface area contributed by atoms with Gasteiger partial charge in [0.25, 0.3) is 0 Å². The Kier molecular flexibility index (Phi) is 2.14. The van der Waals surface area contributed by atoms with Crippen molar-refractivity contribution < 1.29 is 4.74 Å². The molecule has 1 aliphatic rings. The van der Waals surface area contributed by atoms with E-state index in [1.165, 1.54) is 0 Å². The van der Waals surface area contributed by atoms with E-state index < -0.39 is 5.41 Å². The minimum absolute atomic E-state index is 0.331. The van der Waals surface area contributed by atoms with Crippen LogP contribution < -0.4 is 4.74 Å². The lowest BCUT2D eigenvalue weighted by molar-refractivity contribution is 0.414. The predicted octanol–water partition coefficient (Wildman–Crippen LogP) is 2.39. The van der Waals surface area contributed by atoms with Crippen LogP contribution >= 0.6 is 0 Å². The Labute approximate surface area is 94.9 Å². The van der Waals surface area contributed by atoms with Crippen LogP contribution in [0.15, 0.2) is 24.3 Å². The molecule has 16 heavy (non-hydrogen) atoms. The number of nitrogens with zero attached hydrogens (tertiary/aromatic N) is 2. The van der Waals surface area contributed by atoms with Crippen molar-refractivity contribution in [3.63, 3.8) is 0 Å². The molecule has 3 nitrogen and oxygen atoms in total. The highest BCUT2D eigenvalue weighted by atomic mass is 16.5. The molecule has 1 saturated carbocycles. The molecule has 80 valence electrons. The average molecular weight is 212 g/mol. The van der Waals surface area contributed by atoms with Crippen LogP contribution in [-0.2, 0) is 5.41 Å². The standard InChI is InChI=1S/C13H12N2O/c1-12(7-13(12,8-14)9-15)10-3-5-11(16-2)6-4-10/h3-6H,7H2,1-2H3. The third-order valence-corrected chi connectivity index (χ3v) is 3.54. The summed E-state index contributed by atoms with van der Waals surface area (Å²) in [5.74, 6) is 0.785. The molecule has 0 aliphatic heterocycles. The predicted molar refractivity (Wildman–Crippen MR) is 58.6 cm³/mol. The molecule has 1 unspecified atom stereocenters. The summed E-state index contributed by atoms with van der Waals surface area (Å²) in [6, 6.07) is 11.8. The van der Waals surface area contributed by atoms with Gasteiger partial charge in [0.1, 0.15) is 5.75 Å². The van der Waals surface area contributed by atoms with Crippen LogP contribution in [0.4, 0.5) is 0 Å². The number of hydrogen-bond acceptors (Lipinski definition) is 3. The first-order valence-corrected chi connectivity index (χ1v) is 5.09. The molecule has 1 aliphatic carbocycles. The lowest BCUT2D eigenvalue weighted by Crippen LogP contribution is -2.11. The Bertz CT molecular complexity index is 478. The molecule has 1 fully saturated rings. The lowest BCUT2D eigenvalue weighted by atomic mass is 9.89. The van der Waals surface area contributed by atoms with Gasteiger partial charge in [-0.05, 0) is 24.1 Å². The maximum absolute atomic E-state index is 9.06. The molecule has 0 saturated heterocycles. The van der Waals surface area contributed by atoms with E-state index >= 15 is 0 Å². The molecular weight excluding hydrogens is 200 g/mol. The summed E-state index contributed by atoms with van der Waals surface area (Å²) in [5.41, 5.74) is -0.152. The molecule has 3 heteroatoms. The number of rotatable bonds is 2. The van der Waals surface area contributed by atoms with Gasteiger partial charge in [-0.15, -0.1) is 0 Å². The van der Waals surface area contributed by atoms with Crippen molar-refractivity contribution in [2.45, 2.75) is 18.8 Å². The number of nitriles is 2. The molecule has 1 atom stereocenters. The fourth-order valence-corrected chi connectivity index (χ4v) is 2.14. The molecule has 0 radical (unpaired) electrons. The van der Waals surface area contributed by atoms with E-state index in [-0.39, 0.29) is 5.41 Å². The van der Waals surface area contributed by atoms with E-state index in [0.29, 0.717) is 6.42 Å². The molecule has 0 amide bonds. The van der Waals surface area contributed by atoms with Crippen LogP contribution in [0.1, 0.15) is 18.9 Å². The first-order valence-electron chi connectivity index (χ1n) is 5.09. The Morgan fingerprint density at radius 1 is 1.19 bits per heavy atom. The summed E-state index contributed by atoms with van der Waals surface area (Å²) >= 11 is 0. The Morgan fingerprint density at radius 3 is 2.12 bits per heavy atom. The normalized spacial score (nSPS) is 25.2. The molecule has 0 spiro atoms. The van der Waals surface area contributed by atoms with E-state index in [1.54, 1.807) is 7.11 Å². The highest BCUT2D eigenvalue weighted by Gasteiger charge is 2.67. The molecule has 0 aromatic heterocycles. The average Bonchev–Trinajstić information content (AvgIpc) is 2.97. The number of benzene rings is 1. The van der Waals surface area contributed by atoms with Crippen molar-refractivity contribution in [3.05, 3.63) is 29.8 Å². The molecule has 0 heterocycles. The maximum Gasteiger partial charge on any atom is 0.154 e. The van der Waals surface area contributed by atoms with E-state index in [9.17, 15) is 0 Å². The third kappa shape index (κ3) is 1.19. The van der Waals surface area contributed by atoms with Gasteiger partial charge in [0.15, 0.2) is 5.41 Å². The van der Waals surface area contributed by atoms with Gasteiger partial charge in [0.05, 0.1) is 19.2 Å². The van der Waals surface area contributed by atoms with Crippen LogP contribution in [0, 0.1) is 28.1 Å². The zero-order valence-electron chi connectivity index (χ0n) is 9.32. The second-order valence-electron chi connectivity index (χ2n) is 4.37. The van der Waals surface area contributed by atoms with E-state index in [0.717, 1.165) is 11.3 Å². The first-order chi connectivity index (χ1) is 7.62. The number of hydrogen-bond donors (Lipinski definition) is 0. The monoisotopic (exact) mass is 212 g/mol. The fourth-order valence-electron chi connectivity index (χ4n) is 2.14. The lowest BCUT2D eigenvalue weighted by Gasteiger charge is -2.12. The van der Waals surface area contributed by atoms with Gasteiger partial charge >= 0.3 is 0 Å². The number of ether oxygens (including phenoxy) is 1. The van der Waals surface area contributed by atoms with Crippen molar-refractivity contribution in [2.75, 3.05) is 7.11 Å². The van der Waals surface area contributed by atoms with Gasteiger partial charge in [-0.1, -0.05) is 19.1 Å². The summed E-state index contributed by atoms with van der Waals surface area (Å²) in [4.78, 5) is 0. The van der Waals surface area contributed by atoms with E-state index in [4.69, 9.17) is 15.3 Å². The minimum Gasteiger partial charge on any atom is -0.497 e. The van der Waals surface area contributed by atoms with Gasteiger partial charge in [-0.25, -0.2) is 0 Å². The SMILES string of the molecule is COc1ccc(C2(C)CC2(C#N)C#N)cc1. The summed E-state index contributed by atoms with van der Waals surface area (Å²) in [7, 11) is 1.61. The minimum atomic E-state index is -0.846. The van der Waals surface area contributed by atoms with Crippen molar-refractivity contribution in [2.24, 2.45) is 5.41 Å². The highest BCUT2D eigenvalue weighted by Crippen LogP contribution is 2.63. The second-order valence-corrected chi connectivity index (χ2v) is 4.37. The van der Waals surface area contributed by atoms with Crippen LogP contribution in [-0.4, -0.2) is 7.11 Å². The van der Waals surface area contributed by atoms with Crippen LogP contribution in [0.5, 0.6) is 5.75 Å². The molecule has 0 bridgehead atoms. The van der Waals surface area contributed by atoms with Gasteiger partial charge in [0.2, 0.25) is 0 Å². The second kappa shape index (κ2) is 3.25. The Hall–Kier alpha value is -2.00. The quantitative estimate of drug-likeness (QED) is 0.756. The summed E-state index contributed by atoms with van der Waals surface area (Å²) in [5, 5.41) is 18.1. The highest BCUT2D eigenvalue weighted by molar-refractivity contribution is 5.48. The van der Waals surface area contributed by atoms with Crippen molar-refractivity contribution >= 4 is 0 Å². The fraction of sp³-hybridized carbons (Fsp3) is 0.385. The molecular formula is C13H12N2O. The third-order valence-electron chi connectivity index (χ3n) is 3.54. The van der Waals surface area contributed by atoms with Crippen molar-refractivity contribution in [3.8, 4) is 17.9 Å². The van der Waals surface area contributed by atoms with Crippen LogP contribution in [0.25, 0.3) is 0 Å². The zero-order chi connectivity index (χ0) is 11.8. The van der Waals surface area contributed by atoms with Gasteiger partial charge in [0, 0.05) is 5.41 Å². The van der Waals surface area contributed by atoms with Crippen LogP contribution in [0.2, 0.25) is 0 Å². The zero-order valence-corrected chi connectivity index (χ0v) is 9.32. The van der Waals surface area contributed by atoms with Gasteiger partial charge in [-0.2, -0.15) is 10.5 Å². The topological polar surface area (TPSA) is 56.8 Å². The Balaban J connectivity index is 2.35. The van der Waals surface area contributed by atoms with Gasteiger partial charge < -0.3 is 4.74 Å². The smallest absolute Gasteiger partial charge is 0.154 e. The molecule has 2 rings (SSSR count). The first kappa shape index (κ1) is 10.5. The van der Waals surface area contributed by atoms with Crippen LogP contribution in [0.3, 0.4) is 0 Å². The molecule has 1 aromatic rings. The van der Waals surface area contributed by atoms with E-state index in [1.807, 2.05) is 31.2 Å². The maximum atomic E-state index is 9.06. The molecule has 0 N–H and O–H groups in total.